The molecule has 5 heteroatoms. The van der Waals surface area contributed by atoms with Gasteiger partial charge in [-0.05, 0) is 24.7 Å². The lowest BCUT2D eigenvalue weighted by Crippen LogP contribution is -2.16. The van der Waals surface area contributed by atoms with E-state index in [1.807, 2.05) is 42.3 Å². The second-order valence-corrected chi connectivity index (χ2v) is 4.96. The molecule has 18 heavy (non-hydrogen) atoms. The molecule has 2 rings (SSSR count). The average Bonchev–Trinajstić information content (AvgIpc) is 2.69. The van der Waals surface area contributed by atoms with E-state index < -0.39 is 0 Å². The third-order valence-electron chi connectivity index (χ3n) is 2.73. The van der Waals surface area contributed by atoms with Crippen LogP contribution in [0.5, 0.6) is 0 Å². The summed E-state index contributed by atoms with van der Waals surface area (Å²) in [4.78, 5) is 2.21. The fraction of sp³-hybridized carbons (Fsp3) is 0.308. The number of benzene rings is 1. The van der Waals surface area contributed by atoms with Gasteiger partial charge in [-0.3, -0.25) is 9.58 Å². The molecule has 0 saturated heterocycles. The quantitative estimate of drug-likeness (QED) is 0.862. The largest absolute Gasteiger partial charge is 0.398 e. The topological polar surface area (TPSA) is 47.1 Å². The predicted octanol–water partition coefficient (Wildman–Crippen LogP) is 2.29. The van der Waals surface area contributed by atoms with Crippen molar-refractivity contribution in [2.75, 3.05) is 12.8 Å². The van der Waals surface area contributed by atoms with Crippen LogP contribution in [0.1, 0.15) is 11.1 Å². The van der Waals surface area contributed by atoms with Crippen LogP contribution in [0.2, 0.25) is 5.02 Å². The van der Waals surface area contributed by atoms with Gasteiger partial charge in [0.1, 0.15) is 0 Å². The summed E-state index contributed by atoms with van der Waals surface area (Å²) in [5.74, 6) is 0. The predicted molar refractivity (Wildman–Crippen MR) is 74.2 cm³/mol. The number of aromatic nitrogens is 2. The van der Waals surface area contributed by atoms with Crippen LogP contribution in [-0.4, -0.2) is 21.7 Å². The van der Waals surface area contributed by atoms with Gasteiger partial charge in [0.2, 0.25) is 0 Å². The number of anilines is 1. The Balaban J connectivity index is 1.98. The van der Waals surface area contributed by atoms with Crippen LogP contribution in [0, 0.1) is 0 Å². The van der Waals surface area contributed by atoms with E-state index in [0.29, 0.717) is 10.7 Å². The Kier molecular flexibility index (Phi) is 3.89. The Labute approximate surface area is 112 Å². The molecule has 0 fully saturated rings. The second kappa shape index (κ2) is 5.42. The van der Waals surface area contributed by atoms with Crippen LogP contribution in [0.25, 0.3) is 0 Å². The number of aryl methyl sites for hydroxylation is 1. The second-order valence-electron chi connectivity index (χ2n) is 4.55. The van der Waals surface area contributed by atoms with Crippen LogP contribution in [0.15, 0.2) is 30.6 Å². The van der Waals surface area contributed by atoms with Crippen LogP contribution in [0.3, 0.4) is 0 Å². The first kappa shape index (κ1) is 12.9. The summed E-state index contributed by atoms with van der Waals surface area (Å²) in [7, 11) is 3.99. The van der Waals surface area contributed by atoms with Gasteiger partial charge in [0.05, 0.1) is 16.9 Å². The number of nitrogen functional groups attached to an aromatic ring is 1. The highest BCUT2D eigenvalue weighted by Crippen LogP contribution is 2.20. The van der Waals surface area contributed by atoms with Crippen molar-refractivity contribution in [3.05, 3.63) is 46.7 Å². The van der Waals surface area contributed by atoms with Crippen molar-refractivity contribution < 1.29 is 0 Å². The highest BCUT2D eigenvalue weighted by atomic mass is 35.5. The molecule has 1 heterocycles. The van der Waals surface area contributed by atoms with Crippen molar-refractivity contribution in [2.24, 2.45) is 7.05 Å². The maximum atomic E-state index is 6.00. The molecule has 96 valence electrons. The van der Waals surface area contributed by atoms with E-state index in [0.717, 1.165) is 18.7 Å². The third kappa shape index (κ3) is 3.24. The number of nitrogens with zero attached hydrogens (tertiary/aromatic N) is 3. The molecule has 1 aromatic carbocycles. The molecule has 0 spiro atoms. The fourth-order valence-corrected chi connectivity index (χ4v) is 2.10. The van der Waals surface area contributed by atoms with Gasteiger partial charge in [-0.25, -0.2) is 0 Å². The molecule has 2 N–H and O–H groups in total. The first-order valence-electron chi connectivity index (χ1n) is 5.74. The molecular weight excluding hydrogens is 248 g/mol. The monoisotopic (exact) mass is 264 g/mol. The molecule has 0 saturated carbocycles. The maximum Gasteiger partial charge on any atom is 0.0638 e. The van der Waals surface area contributed by atoms with Crippen molar-refractivity contribution in [3.63, 3.8) is 0 Å². The molecule has 0 aliphatic rings. The normalized spacial score (nSPS) is 11.1. The van der Waals surface area contributed by atoms with Crippen molar-refractivity contribution in [1.29, 1.82) is 0 Å². The average molecular weight is 265 g/mol. The van der Waals surface area contributed by atoms with Gasteiger partial charge >= 0.3 is 0 Å². The Bertz CT molecular complexity index is 536. The Morgan fingerprint density at radius 3 is 2.67 bits per heavy atom. The lowest BCUT2D eigenvalue weighted by Gasteiger charge is -2.16. The minimum Gasteiger partial charge on any atom is -0.398 e. The van der Waals surface area contributed by atoms with Gasteiger partial charge in [-0.2, -0.15) is 5.10 Å². The first-order valence-corrected chi connectivity index (χ1v) is 6.12. The summed E-state index contributed by atoms with van der Waals surface area (Å²) in [5, 5.41) is 4.77. The van der Waals surface area contributed by atoms with Crippen molar-refractivity contribution in [1.82, 2.24) is 14.7 Å². The summed E-state index contributed by atoms with van der Waals surface area (Å²) in [6.07, 6.45) is 3.90. The summed E-state index contributed by atoms with van der Waals surface area (Å²) < 4.78 is 1.81. The highest BCUT2D eigenvalue weighted by molar-refractivity contribution is 6.33. The summed E-state index contributed by atoms with van der Waals surface area (Å²) >= 11 is 6.00. The minimum atomic E-state index is 0.613. The third-order valence-corrected chi connectivity index (χ3v) is 3.06. The van der Waals surface area contributed by atoms with Crippen LogP contribution >= 0.6 is 11.6 Å². The summed E-state index contributed by atoms with van der Waals surface area (Å²) in [6.45, 7) is 1.69. The molecule has 1 aromatic heterocycles. The minimum absolute atomic E-state index is 0.613. The van der Waals surface area contributed by atoms with E-state index in [9.17, 15) is 0 Å². The van der Waals surface area contributed by atoms with Crippen molar-refractivity contribution in [2.45, 2.75) is 13.1 Å². The zero-order chi connectivity index (χ0) is 13.1. The Morgan fingerprint density at radius 2 is 2.06 bits per heavy atom. The standard InChI is InChI=1S/C13H17ClN4/c1-17(8-11-6-16-18(2)9-11)7-10-3-4-13(15)12(14)5-10/h3-6,9H,7-8,15H2,1-2H3. The van der Waals surface area contributed by atoms with E-state index >= 15 is 0 Å². The van der Waals surface area contributed by atoms with Gasteiger partial charge in [-0.1, -0.05) is 17.7 Å². The molecule has 0 bridgehead atoms. The lowest BCUT2D eigenvalue weighted by molar-refractivity contribution is 0.319. The van der Waals surface area contributed by atoms with E-state index in [-0.39, 0.29) is 0 Å². The molecule has 0 aliphatic carbocycles. The van der Waals surface area contributed by atoms with Crippen molar-refractivity contribution >= 4 is 17.3 Å². The van der Waals surface area contributed by atoms with E-state index in [1.54, 1.807) is 0 Å². The number of nitrogens with two attached hydrogens (primary N) is 1. The number of halogens is 1. The Morgan fingerprint density at radius 1 is 1.33 bits per heavy atom. The smallest absolute Gasteiger partial charge is 0.0638 e. The lowest BCUT2D eigenvalue weighted by atomic mass is 10.2. The van der Waals surface area contributed by atoms with Crippen LogP contribution in [-0.2, 0) is 20.1 Å². The summed E-state index contributed by atoms with van der Waals surface area (Å²) in [5.41, 5.74) is 8.66. The van der Waals surface area contributed by atoms with Crippen LogP contribution in [0.4, 0.5) is 5.69 Å². The van der Waals surface area contributed by atoms with E-state index in [4.69, 9.17) is 17.3 Å². The first-order chi connectivity index (χ1) is 8.54. The molecular formula is C13H17ClN4. The van der Waals surface area contributed by atoms with Crippen molar-refractivity contribution in [3.8, 4) is 0 Å². The fourth-order valence-electron chi connectivity index (χ4n) is 1.90. The van der Waals surface area contributed by atoms with Gasteiger partial charge in [0.15, 0.2) is 0 Å². The number of hydrogen-bond acceptors (Lipinski definition) is 3. The Hall–Kier alpha value is -1.52. The SMILES string of the molecule is CN(Cc1ccc(N)c(Cl)c1)Cc1cnn(C)c1. The number of hydrogen-bond donors (Lipinski definition) is 1. The van der Waals surface area contributed by atoms with Gasteiger partial charge in [-0.15, -0.1) is 0 Å². The van der Waals surface area contributed by atoms with Gasteiger partial charge in [0, 0.05) is 31.9 Å². The molecule has 2 aromatic rings. The van der Waals surface area contributed by atoms with E-state index in [2.05, 4.69) is 17.0 Å². The molecule has 0 aliphatic heterocycles. The zero-order valence-corrected chi connectivity index (χ0v) is 11.4. The van der Waals surface area contributed by atoms with Crippen LogP contribution < -0.4 is 5.73 Å². The summed E-state index contributed by atoms with van der Waals surface area (Å²) in [6, 6.07) is 5.76. The molecule has 0 atom stereocenters. The molecule has 4 nitrogen and oxygen atoms in total. The highest BCUT2D eigenvalue weighted by Gasteiger charge is 2.05. The zero-order valence-electron chi connectivity index (χ0n) is 10.6. The number of rotatable bonds is 4. The molecule has 0 radical (unpaired) electrons. The van der Waals surface area contributed by atoms with E-state index in [1.165, 1.54) is 5.56 Å². The maximum absolute atomic E-state index is 6.00. The van der Waals surface area contributed by atoms with Gasteiger partial charge in [0.25, 0.3) is 0 Å². The molecule has 0 unspecified atom stereocenters. The molecule has 0 amide bonds. The van der Waals surface area contributed by atoms with Gasteiger partial charge < -0.3 is 5.73 Å².